The van der Waals surface area contributed by atoms with E-state index in [-0.39, 0.29) is 0 Å². The van der Waals surface area contributed by atoms with E-state index in [2.05, 4.69) is 45.4 Å². The second kappa shape index (κ2) is 5.57. The molecule has 0 saturated carbocycles. The van der Waals surface area contributed by atoms with Crippen LogP contribution < -0.4 is 10.6 Å². The molecule has 19 heavy (non-hydrogen) atoms. The zero-order valence-corrected chi connectivity index (χ0v) is 11.6. The van der Waals surface area contributed by atoms with Gasteiger partial charge in [0.2, 0.25) is 10.3 Å². The lowest BCUT2D eigenvalue weighted by Crippen LogP contribution is -2.23. The number of rotatable bonds is 2. The first-order chi connectivity index (χ1) is 9.33. The number of nitrogens with two attached hydrogens (primary N) is 1. The molecule has 1 aromatic carbocycles. The highest BCUT2D eigenvalue weighted by Gasteiger charge is 2.20. The Labute approximate surface area is 117 Å². The highest BCUT2D eigenvalue weighted by molar-refractivity contribution is 7.18. The highest BCUT2D eigenvalue weighted by atomic mass is 32.1. The summed E-state index contributed by atoms with van der Waals surface area (Å²) < 4.78 is 0. The Morgan fingerprint density at radius 2 is 1.95 bits per heavy atom. The fraction of sp³-hybridized carbons (Fsp3) is 0.429. The molecule has 100 valence electrons. The number of benzene rings is 1. The molecule has 1 aromatic heterocycles. The number of hydrogen-bond donors (Lipinski definition) is 1. The summed E-state index contributed by atoms with van der Waals surface area (Å²) in [6, 6.07) is 10.8. The van der Waals surface area contributed by atoms with Gasteiger partial charge in [0.15, 0.2) is 0 Å². The number of nitrogen functional groups attached to an aromatic ring is 1. The van der Waals surface area contributed by atoms with Crippen molar-refractivity contribution in [2.75, 3.05) is 23.7 Å². The van der Waals surface area contributed by atoms with Gasteiger partial charge in [0, 0.05) is 13.1 Å². The normalized spacial score (nSPS) is 20.2. The van der Waals surface area contributed by atoms with E-state index in [1.54, 1.807) is 0 Å². The fourth-order valence-corrected chi connectivity index (χ4v) is 3.36. The van der Waals surface area contributed by atoms with Crippen molar-refractivity contribution in [1.29, 1.82) is 0 Å². The van der Waals surface area contributed by atoms with Gasteiger partial charge in [-0.3, -0.25) is 0 Å². The monoisotopic (exact) mass is 274 g/mol. The zero-order chi connectivity index (χ0) is 13.1. The number of aromatic nitrogens is 2. The molecular formula is C14H18N4S. The van der Waals surface area contributed by atoms with Crippen molar-refractivity contribution in [3.63, 3.8) is 0 Å². The first-order valence-electron chi connectivity index (χ1n) is 6.72. The Bertz CT molecular complexity index is 525. The number of anilines is 2. The van der Waals surface area contributed by atoms with Crippen molar-refractivity contribution in [2.24, 2.45) is 0 Å². The number of nitrogens with zero attached hydrogens (tertiary/aromatic N) is 3. The van der Waals surface area contributed by atoms with Crippen LogP contribution in [0.15, 0.2) is 30.3 Å². The molecule has 1 aliphatic heterocycles. The maximum absolute atomic E-state index is 5.66. The minimum absolute atomic E-state index is 0.554. The van der Waals surface area contributed by atoms with Gasteiger partial charge in [-0.2, -0.15) is 0 Å². The molecule has 0 amide bonds. The van der Waals surface area contributed by atoms with Crippen molar-refractivity contribution in [1.82, 2.24) is 10.2 Å². The van der Waals surface area contributed by atoms with Crippen molar-refractivity contribution in [3.8, 4) is 0 Å². The predicted octanol–water partition coefficient (Wildman–Crippen LogP) is 2.89. The molecule has 2 heterocycles. The molecule has 0 aliphatic carbocycles. The third kappa shape index (κ3) is 2.87. The van der Waals surface area contributed by atoms with Crippen LogP contribution in [0.25, 0.3) is 0 Å². The van der Waals surface area contributed by atoms with E-state index in [4.69, 9.17) is 5.73 Å². The third-order valence-corrected chi connectivity index (χ3v) is 4.51. The van der Waals surface area contributed by atoms with E-state index in [0.29, 0.717) is 11.0 Å². The summed E-state index contributed by atoms with van der Waals surface area (Å²) >= 11 is 1.48. The topological polar surface area (TPSA) is 55.0 Å². The number of hydrogen-bond acceptors (Lipinski definition) is 5. The van der Waals surface area contributed by atoms with Crippen LogP contribution in [-0.4, -0.2) is 23.3 Å². The second-order valence-electron chi connectivity index (χ2n) is 4.95. The maximum Gasteiger partial charge on any atom is 0.209 e. The van der Waals surface area contributed by atoms with Crippen molar-refractivity contribution in [3.05, 3.63) is 35.9 Å². The van der Waals surface area contributed by atoms with Crippen LogP contribution in [0, 0.1) is 0 Å². The van der Waals surface area contributed by atoms with Gasteiger partial charge in [0.25, 0.3) is 0 Å². The fourth-order valence-electron chi connectivity index (χ4n) is 2.70. The van der Waals surface area contributed by atoms with Crippen molar-refractivity contribution in [2.45, 2.75) is 25.2 Å². The molecular weight excluding hydrogens is 256 g/mol. The summed E-state index contributed by atoms with van der Waals surface area (Å²) in [5.74, 6) is 0.663. The summed E-state index contributed by atoms with van der Waals surface area (Å²) in [6.45, 7) is 2.09. The summed E-state index contributed by atoms with van der Waals surface area (Å²) in [5, 5.41) is 9.57. The van der Waals surface area contributed by atoms with E-state index < -0.39 is 0 Å². The summed E-state index contributed by atoms with van der Waals surface area (Å²) in [6.07, 6.45) is 3.61. The van der Waals surface area contributed by atoms with Crippen molar-refractivity contribution < 1.29 is 0 Å². The van der Waals surface area contributed by atoms with Crippen molar-refractivity contribution >= 4 is 21.6 Å². The van der Waals surface area contributed by atoms with Gasteiger partial charge in [-0.25, -0.2) is 0 Å². The van der Waals surface area contributed by atoms with E-state index in [9.17, 15) is 0 Å². The Balaban J connectivity index is 1.69. The molecule has 1 saturated heterocycles. The van der Waals surface area contributed by atoms with Gasteiger partial charge in [0.1, 0.15) is 0 Å². The van der Waals surface area contributed by atoms with Crippen LogP contribution in [0.4, 0.5) is 10.3 Å². The lowest BCUT2D eigenvalue weighted by atomic mass is 9.92. The second-order valence-corrected chi connectivity index (χ2v) is 5.94. The van der Waals surface area contributed by atoms with Crippen LogP contribution in [0.2, 0.25) is 0 Å². The SMILES string of the molecule is Nc1nnc(N2CCCC(c3ccccc3)CC2)s1. The van der Waals surface area contributed by atoms with E-state index >= 15 is 0 Å². The van der Waals surface area contributed by atoms with Gasteiger partial charge in [-0.05, 0) is 30.7 Å². The summed E-state index contributed by atoms with van der Waals surface area (Å²) in [5.41, 5.74) is 7.12. The van der Waals surface area contributed by atoms with Crippen LogP contribution in [0.5, 0.6) is 0 Å². The molecule has 2 N–H and O–H groups in total. The first-order valence-corrected chi connectivity index (χ1v) is 7.53. The molecule has 4 nitrogen and oxygen atoms in total. The smallest absolute Gasteiger partial charge is 0.209 e. The third-order valence-electron chi connectivity index (χ3n) is 3.70. The molecule has 0 radical (unpaired) electrons. The molecule has 1 unspecified atom stereocenters. The van der Waals surface area contributed by atoms with Gasteiger partial charge in [-0.15, -0.1) is 10.2 Å². The minimum atomic E-state index is 0.554. The van der Waals surface area contributed by atoms with Gasteiger partial charge >= 0.3 is 0 Å². The Hall–Kier alpha value is -1.62. The van der Waals surface area contributed by atoms with Crippen LogP contribution in [-0.2, 0) is 0 Å². The summed E-state index contributed by atoms with van der Waals surface area (Å²) in [4.78, 5) is 2.32. The van der Waals surface area contributed by atoms with Gasteiger partial charge in [0.05, 0.1) is 0 Å². The molecule has 1 atom stereocenters. The molecule has 5 heteroatoms. The first kappa shape index (κ1) is 12.4. The van der Waals surface area contributed by atoms with Gasteiger partial charge in [-0.1, -0.05) is 41.7 Å². The van der Waals surface area contributed by atoms with Gasteiger partial charge < -0.3 is 10.6 Å². The lowest BCUT2D eigenvalue weighted by molar-refractivity contribution is 0.612. The molecule has 1 aliphatic rings. The predicted molar refractivity (Wildman–Crippen MR) is 79.6 cm³/mol. The summed E-state index contributed by atoms with van der Waals surface area (Å²) in [7, 11) is 0. The van der Waals surface area contributed by atoms with E-state index in [1.165, 1.54) is 36.2 Å². The standard InChI is InChI=1S/C14H18N4S/c15-13-16-17-14(19-13)18-9-4-7-12(8-10-18)11-5-2-1-3-6-11/h1-3,5-6,12H,4,7-10H2,(H2,15,16). The van der Waals surface area contributed by atoms with E-state index in [1.807, 2.05) is 0 Å². The van der Waals surface area contributed by atoms with Crippen LogP contribution >= 0.6 is 11.3 Å². The van der Waals surface area contributed by atoms with E-state index in [0.717, 1.165) is 18.2 Å². The average molecular weight is 274 g/mol. The van der Waals surface area contributed by atoms with Crippen LogP contribution in [0.3, 0.4) is 0 Å². The molecule has 0 bridgehead atoms. The Morgan fingerprint density at radius 1 is 1.11 bits per heavy atom. The Morgan fingerprint density at radius 3 is 2.68 bits per heavy atom. The Kier molecular flexibility index (Phi) is 3.64. The molecule has 1 fully saturated rings. The largest absolute Gasteiger partial charge is 0.374 e. The van der Waals surface area contributed by atoms with Crippen LogP contribution in [0.1, 0.15) is 30.7 Å². The maximum atomic E-state index is 5.66. The molecule has 3 rings (SSSR count). The quantitative estimate of drug-likeness (QED) is 0.915. The average Bonchev–Trinajstić information content (AvgIpc) is 2.74. The molecule has 0 spiro atoms. The lowest BCUT2D eigenvalue weighted by Gasteiger charge is -2.18. The molecule has 2 aromatic rings. The highest BCUT2D eigenvalue weighted by Crippen LogP contribution is 2.31. The zero-order valence-electron chi connectivity index (χ0n) is 10.8. The minimum Gasteiger partial charge on any atom is -0.374 e.